The molecule has 0 saturated heterocycles. The van der Waals surface area contributed by atoms with E-state index in [1.807, 2.05) is 24.3 Å². The zero-order valence-electron chi connectivity index (χ0n) is 10.1. The second kappa shape index (κ2) is 5.59. The Morgan fingerprint density at radius 1 is 1.29 bits per heavy atom. The minimum Gasteiger partial charge on any atom is -0.368 e. The van der Waals surface area contributed by atoms with Crippen LogP contribution in [0.15, 0.2) is 30.6 Å². The molecule has 2 rings (SSSR count). The van der Waals surface area contributed by atoms with Crippen LogP contribution in [0, 0.1) is 0 Å². The van der Waals surface area contributed by atoms with E-state index < -0.39 is 0 Å². The van der Waals surface area contributed by atoms with E-state index >= 15 is 0 Å². The number of nitrogens with one attached hydrogen (secondary N) is 1. The Labute approximate surface area is 101 Å². The van der Waals surface area contributed by atoms with Gasteiger partial charge in [0, 0.05) is 18.0 Å². The molecule has 0 aliphatic heterocycles. The van der Waals surface area contributed by atoms with E-state index in [0.717, 1.165) is 36.1 Å². The average molecular weight is 230 g/mol. The molecular formula is C13H18N4. The van der Waals surface area contributed by atoms with E-state index in [4.69, 9.17) is 5.73 Å². The van der Waals surface area contributed by atoms with Crippen molar-refractivity contribution in [2.75, 3.05) is 11.9 Å². The van der Waals surface area contributed by atoms with Crippen LogP contribution in [0.5, 0.6) is 0 Å². The highest BCUT2D eigenvalue weighted by atomic mass is 15.0. The lowest BCUT2D eigenvalue weighted by Gasteiger charge is -2.13. The van der Waals surface area contributed by atoms with Crippen molar-refractivity contribution in [3.05, 3.63) is 30.6 Å². The quantitative estimate of drug-likeness (QED) is 0.826. The third kappa shape index (κ3) is 2.91. The number of benzene rings is 1. The number of aromatic nitrogens is 2. The Morgan fingerprint density at radius 3 is 2.94 bits per heavy atom. The van der Waals surface area contributed by atoms with Crippen molar-refractivity contribution < 1.29 is 0 Å². The van der Waals surface area contributed by atoms with Gasteiger partial charge < -0.3 is 11.1 Å². The van der Waals surface area contributed by atoms with Gasteiger partial charge in [-0.15, -0.1) is 0 Å². The van der Waals surface area contributed by atoms with Gasteiger partial charge in [0.15, 0.2) is 0 Å². The van der Waals surface area contributed by atoms with E-state index in [2.05, 4.69) is 22.2 Å². The summed E-state index contributed by atoms with van der Waals surface area (Å²) in [7, 11) is 0. The molecule has 90 valence electrons. The predicted octanol–water partition coefficient (Wildman–Crippen LogP) is 2.17. The van der Waals surface area contributed by atoms with Gasteiger partial charge in [-0.1, -0.05) is 25.5 Å². The Kier molecular flexibility index (Phi) is 3.88. The summed E-state index contributed by atoms with van der Waals surface area (Å²) in [5.74, 6) is 0.863. The first kappa shape index (κ1) is 11.8. The predicted molar refractivity (Wildman–Crippen MR) is 70.9 cm³/mol. The van der Waals surface area contributed by atoms with Crippen LogP contribution in [0.2, 0.25) is 0 Å². The van der Waals surface area contributed by atoms with Crippen molar-refractivity contribution in [1.82, 2.24) is 9.97 Å². The standard InChI is InChI=1S/C13H18N4/c1-2-5-10(14)8-15-13-11-6-3-4-7-12(11)16-9-17-13/h3-4,6-7,9-10H,2,5,8,14H2,1H3,(H,15,16,17). The number of nitrogens with zero attached hydrogens (tertiary/aromatic N) is 2. The molecule has 0 aliphatic rings. The summed E-state index contributed by atoms with van der Waals surface area (Å²) in [6, 6.07) is 8.14. The number of fused-ring (bicyclic) bond motifs is 1. The fraction of sp³-hybridized carbons (Fsp3) is 0.385. The van der Waals surface area contributed by atoms with Gasteiger partial charge in [0.25, 0.3) is 0 Å². The van der Waals surface area contributed by atoms with Gasteiger partial charge in [0.05, 0.1) is 5.52 Å². The van der Waals surface area contributed by atoms with E-state index in [0.29, 0.717) is 0 Å². The van der Waals surface area contributed by atoms with Crippen LogP contribution >= 0.6 is 0 Å². The highest BCUT2D eigenvalue weighted by molar-refractivity contribution is 5.88. The third-order valence-corrected chi connectivity index (χ3v) is 2.73. The summed E-state index contributed by atoms with van der Waals surface area (Å²) in [5.41, 5.74) is 6.92. The van der Waals surface area contributed by atoms with Crippen molar-refractivity contribution >= 4 is 16.7 Å². The molecule has 0 bridgehead atoms. The molecule has 0 saturated carbocycles. The molecule has 1 aromatic carbocycles. The van der Waals surface area contributed by atoms with Crippen molar-refractivity contribution in [3.8, 4) is 0 Å². The first-order valence-electron chi connectivity index (χ1n) is 6.00. The molecule has 0 radical (unpaired) electrons. The minimum atomic E-state index is 0.175. The van der Waals surface area contributed by atoms with Crippen molar-refractivity contribution in [1.29, 1.82) is 0 Å². The molecule has 1 unspecified atom stereocenters. The molecule has 0 amide bonds. The summed E-state index contributed by atoms with van der Waals surface area (Å²) in [4.78, 5) is 8.48. The topological polar surface area (TPSA) is 63.8 Å². The van der Waals surface area contributed by atoms with Crippen LogP contribution in [0.3, 0.4) is 0 Å². The smallest absolute Gasteiger partial charge is 0.137 e. The molecule has 2 aromatic rings. The highest BCUT2D eigenvalue weighted by Crippen LogP contribution is 2.18. The van der Waals surface area contributed by atoms with Crippen LogP contribution in [0.1, 0.15) is 19.8 Å². The number of nitrogens with two attached hydrogens (primary N) is 1. The van der Waals surface area contributed by atoms with Crippen molar-refractivity contribution in [2.24, 2.45) is 5.73 Å². The van der Waals surface area contributed by atoms with Crippen LogP contribution in [0.25, 0.3) is 10.9 Å². The maximum absolute atomic E-state index is 5.97. The van der Waals surface area contributed by atoms with Gasteiger partial charge in [0.2, 0.25) is 0 Å². The molecule has 1 atom stereocenters. The minimum absolute atomic E-state index is 0.175. The number of hydrogen-bond donors (Lipinski definition) is 2. The zero-order chi connectivity index (χ0) is 12.1. The summed E-state index contributed by atoms with van der Waals surface area (Å²) in [5, 5.41) is 4.34. The van der Waals surface area contributed by atoms with Crippen LogP contribution in [0.4, 0.5) is 5.82 Å². The average Bonchev–Trinajstić information content (AvgIpc) is 2.36. The van der Waals surface area contributed by atoms with Gasteiger partial charge >= 0.3 is 0 Å². The number of hydrogen-bond acceptors (Lipinski definition) is 4. The molecule has 0 aliphatic carbocycles. The summed E-state index contributed by atoms with van der Waals surface area (Å²) in [6.07, 6.45) is 3.71. The lowest BCUT2D eigenvalue weighted by Crippen LogP contribution is -2.29. The fourth-order valence-corrected chi connectivity index (χ4v) is 1.85. The van der Waals surface area contributed by atoms with E-state index in [9.17, 15) is 0 Å². The lowest BCUT2D eigenvalue weighted by molar-refractivity contribution is 0.626. The van der Waals surface area contributed by atoms with Gasteiger partial charge in [-0.2, -0.15) is 0 Å². The Hall–Kier alpha value is -1.68. The van der Waals surface area contributed by atoms with E-state index in [1.54, 1.807) is 6.33 Å². The fourth-order valence-electron chi connectivity index (χ4n) is 1.85. The Bertz CT molecular complexity index is 478. The summed E-state index contributed by atoms with van der Waals surface area (Å²) < 4.78 is 0. The van der Waals surface area contributed by atoms with E-state index in [1.165, 1.54) is 0 Å². The zero-order valence-corrected chi connectivity index (χ0v) is 10.1. The first-order valence-corrected chi connectivity index (χ1v) is 6.00. The Morgan fingerprint density at radius 2 is 2.12 bits per heavy atom. The monoisotopic (exact) mass is 230 g/mol. The van der Waals surface area contributed by atoms with Crippen LogP contribution in [-0.2, 0) is 0 Å². The molecule has 3 N–H and O–H groups in total. The van der Waals surface area contributed by atoms with Crippen LogP contribution < -0.4 is 11.1 Å². The first-order chi connectivity index (χ1) is 8.31. The molecule has 0 spiro atoms. The number of anilines is 1. The van der Waals surface area contributed by atoms with Gasteiger partial charge in [0.1, 0.15) is 12.1 Å². The van der Waals surface area contributed by atoms with Crippen molar-refractivity contribution in [3.63, 3.8) is 0 Å². The second-order valence-electron chi connectivity index (χ2n) is 4.17. The third-order valence-electron chi connectivity index (χ3n) is 2.73. The number of rotatable bonds is 5. The van der Waals surface area contributed by atoms with Crippen molar-refractivity contribution in [2.45, 2.75) is 25.8 Å². The van der Waals surface area contributed by atoms with E-state index in [-0.39, 0.29) is 6.04 Å². The molecule has 17 heavy (non-hydrogen) atoms. The lowest BCUT2D eigenvalue weighted by atomic mass is 10.2. The van der Waals surface area contributed by atoms with Crippen LogP contribution in [-0.4, -0.2) is 22.6 Å². The number of para-hydroxylation sites is 1. The van der Waals surface area contributed by atoms with Gasteiger partial charge in [-0.3, -0.25) is 0 Å². The maximum Gasteiger partial charge on any atom is 0.137 e. The maximum atomic E-state index is 5.97. The molecular weight excluding hydrogens is 212 g/mol. The largest absolute Gasteiger partial charge is 0.368 e. The molecule has 0 fully saturated rings. The molecule has 1 aromatic heterocycles. The van der Waals surface area contributed by atoms with Gasteiger partial charge in [-0.25, -0.2) is 9.97 Å². The summed E-state index contributed by atoms with van der Waals surface area (Å²) >= 11 is 0. The highest BCUT2D eigenvalue weighted by Gasteiger charge is 2.04. The summed E-state index contributed by atoms with van der Waals surface area (Å²) in [6.45, 7) is 2.88. The SMILES string of the molecule is CCCC(N)CNc1ncnc2ccccc12. The molecule has 4 heteroatoms. The molecule has 4 nitrogen and oxygen atoms in total. The van der Waals surface area contributed by atoms with Gasteiger partial charge in [-0.05, 0) is 18.6 Å². The molecule has 1 heterocycles. The Balaban J connectivity index is 2.13. The second-order valence-corrected chi connectivity index (χ2v) is 4.17. The normalized spacial score (nSPS) is 12.6.